The zero-order valence-corrected chi connectivity index (χ0v) is 14.5. The normalized spacial score (nSPS) is 11.1. The lowest BCUT2D eigenvalue weighted by atomic mass is 10.2. The summed E-state index contributed by atoms with van der Waals surface area (Å²) in [4.78, 5) is 26.1. The quantitative estimate of drug-likeness (QED) is 0.557. The van der Waals surface area contributed by atoms with E-state index in [0.29, 0.717) is 23.6 Å². The van der Waals surface area contributed by atoms with Crippen LogP contribution in [0.25, 0.3) is 5.65 Å². The summed E-state index contributed by atoms with van der Waals surface area (Å²) in [7, 11) is 0. The first-order valence-electron chi connectivity index (χ1n) is 8.53. The number of nitrogens with zero attached hydrogens (tertiary/aromatic N) is 4. The smallest absolute Gasteiger partial charge is 0.268 e. The monoisotopic (exact) mass is 355 g/mol. The molecule has 0 amide bonds. The summed E-state index contributed by atoms with van der Waals surface area (Å²) in [6.07, 6.45) is 6.75. The van der Waals surface area contributed by atoms with Gasteiger partial charge in [-0.25, -0.2) is 4.98 Å². The van der Waals surface area contributed by atoms with E-state index in [1.54, 1.807) is 36.9 Å². The fourth-order valence-corrected chi connectivity index (χ4v) is 2.71. The molecule has 0 radical (unpaired) electrons. The molecule has 0 fully saturated rings. The minimum absolute atomic E-state index is 0.172. The fraction of sp³-hybridized carbons (Fsp3) is 0.0476. The van der Waals surface area contributed by atoms with E-state index >= 15 is 0 Å². The number of hydrogen-bond donors (Lipinski definition) is 1. The zero-order valence-electron chi connectivity index (χ0n) is 14.5. The molecule has 0 aliphatic heterocycles. The third-order valence-electron chi connectivity index (χ3n) is 4.02. The number of anilines is 2. The number of aliphatic imine (C=N–C) groups is 1. The molecule has 3 heterocycles. The van der Waals surface area contributed by atoms with Crippen molar-refractivity contribution in [3.63, 3.8) is 0 Å². The molecule has 4 aromatic rings. The van der Waals surface area contributed by atoms with Gasteiger partial charge in [-0.1, -0.05) is 30.3 Å². The lowest BCUT2D eigenvalue weighted by Crippen LogP contribution is -2.21. The molecule has 0 unspecified atom stereocenters. The Balaban J connectivity index is 1.75. The molecule has 6 heteroatoms. The number of benzene rings is 1. The van der Waals surface area contributed by atoms with Gasteiger partial charge in [-0.05, 0) is 35.9 Å². The zero-order chi connectivity index (χ0) is 18.5. The summed E-state index contributed by atoms with van der Waals surface area (Å²) in [5, 5.41) is 3.23. The Labute approximate surface area is 155 Å². The number of rotatable bonds is 5. The Morgan fingerprint density at radius 3 is 2.70 bits per heavy atom. The Hall–Kier alpha value is -3.80. The second-order valence-corrected chi connectivity index (χ2v) is 5.93. The van der Waals surface area contributed by atoms with E-state index in [1.807, 2.05) is 48.5 Å². The number of nitrogens with one attached hydrogen (secondary N) is 1. The number of pyridine rings is 2. The predicted octanol–water partition coefficient (Wildman–Crippen LogP) is 3.45. The van der Waals surface area contributed by atoms with Crippen molar-refractivity contribution in [1.29, 1.82) is 0 Å². The van der Waals surface area contributed by atoms with Crippen molar-refractivity contribution in [2.45, 2.75) is 6.54 Å². The van der Waals surface area contributed by atoms with Gasteiger partial charge in [0, 0.05) is 30.5 Å². The molecule has 132 valence electrons. The molecule has 0 saturated heterocycles. The first kappa shape index (κ1) is 16.7. The van der Waals surface area contributed by atoms with Crippen LogP contribution in [0, 0.1) is 0 Å². The van der Waals surface area contributed by atoms with Gasteiger partial charge in [-0.3, -0.25) is 19.2 Å². The molecule has 1 aromatic carbocycles. The topological polar surface area (TPSA) is 71.7 Å². The van der Waals surface area contributed by atoms with E-state index in [-0.39, 0.29) is 5.56 Å². The van der Waals surface area contributed by atoms with Crippen molar-refractivity contribution in [2.75, 3.05) is 5.32 Å². The number of hydrogen-bond acceptors (Lipinski definition) is 5. The van der Waals surface area contributed by atoms with Crippen LogP contribution in [0.4, 0.5) is 11.5 Å². The highest BCUT2D eigenvalue weighted by Crippen LogP contribution is 2.16. The molecule has 3 aromatic heterocycles. The Bertz CT molecular complexity index is 1140. The molecular weight excluding hydrogens is 338 g/mol. The van der Waals surface area contributed by atoms with Gasteiger partial charge in [-0.15, -0.1) is 0 Å². The van der Waals surface area contributed by atoms with E-state index in [2.05, 4.69) is 20.3 Å². The molecule has 0 spiro atoms. The van der Waals surface area contributed by atoms with Gasteiger partial charge in [0.1, 0.15) is 17.0 Å². The second kappa shape index (κ2) is 7.61. The van der Waals surface area contributed by atoms with Crippen molar-refractivity contribution in [3.05, 3.63) is 101 Å². The van der Waals surface area contributed by atoms with E-state index in [1.165, 1.54) is 4.40 Å². The Morgan fingerprint density at radius 1 is 1.04 bits per heavy atom. The molecule has 6 nitrogen and oxygen atoms in total. The summed E-state index contributed by atoms with van der Waals surface area (Å²) in [5.74, 6) is 0.479. The van der Waals surface area contributed by atoms with Crippen molar-refractivity contribution in [3.8, 4) is 0 Å². The maximum atomic E-state index is 13.0. The molecule has 0 saturated carbocycles. The van der Waals surface area contributed by atoms with Crippen molar-refractivity contribution in [1.82, 2.24) is 14.4 Å². The molecule has 0 aliphatic carbocycles. The minimum Gasteiger partial charge on any atom is -0.339 e. The average Bonchev–Trinajstić information content (AvgIpc) is 2.72. The van der Waals surface area contributed by atoms with E-state index in [4.69, 9.17) is 0 Å². The summed E-state index contributed by atoms with van der Waals surface area (Å²) >= 11 is 0. The van der Waals surface area contributed by atoms with E-state index < -0.39 is 0 Å². The molecule has 1 N–H and O–H groups in total. The number of aromatic nitrogens is 3. The highest BCUT2D eigenvalue weighted by molar-refractivity contribution is 5.87. The third-order valence-corrected chi connectivity index (χ3v) is 4.02. The van der Waals surface area contributed by atoms with Crippen LogP contribution in [-0.4, -0.2) is 20.6 Å². The Morgan fingerprint density at radius 2 is 1.89 bits per heavy atom. The minimum atomic E-state index is -0.172. The van der Waals surface area contributed by atoms with Gasteiger partial charge in [0.2, 0.25) is 0 Å². The third kappa shape index (κ3) is 3.74. The van der Waals surface area contributed by atoms with Crippen LogP contribution in [0.1, 0.15) is 11.1 Å². The van der Waals surface area contributed by atoms with Crippen LogP contribution < -0.4 is 10.9 Å². The van der Waals surface area contributed by atoms with E-state index in [0.717, 1.165) is 11.3 Å². The molecule has 0 atom stereocenters. The standard InChI is InChI=1S/C21H17N5O/c27-21-18(15-23-14-16-7-6-11-22-13-16)20(24-17-8-2-1-3-9-17)25-19-10-4-5-12-26(19)21/h1-13,15,24H,14H2. The lowest BCUT2D eigenvalue weighted by Gasteiger charge is -2.10. The predicted molar refractivity (Wildman–Crippen MR) is 107 cm³/mol. The first-order valence-corrected chi connectivity index (χ1v) is 8.53. The Kier molecular flexibility index (Phi) is 4.70. The van der Waals surface area contributed by atoms with Crippen LogP contribution in [0.15, 0.2) is 89.0 Å². The molecule has 0 bridgehead atoms. The van der Waals surface area contributed by atoms with Gasteiger partial charge < -0.3 is 5.32 Å². The fourth-order valence-electron chi connectivity index (χ4n) is 2.71. The van der Waals surface area contributed by atoms with Crippen molar-refractivity contribution < 1.29 is 0 Å². The average molecular weight is 355 g/mol. The highest BCUT2D eigenvalue weighted by Gasteiger charge is 2.11. The summed E-state index contributed by atoms with van der Waals surface area (Å²) in [5.41, 5.74) is 2.64. The van der Waals surface area contributed by atoms with Gasteiger partial charge in [0.15, 0.2) is 0 Å². The summed E-state index contributed by atoms with van der Waals surface area (Å²) < 4.78 is 1.52. The second-order valence-electron chi connectivity index (χ2n) is 5.93. The summed E-state index contributed by atoms with van der Waals surface area (Å²) in [6, 6.07) is 18.9. The van der Waals surface area contributed by atoms with Crippen molar-refractivity contribution in [2.24, 2.45) is 4.99 Å². The van der Waals surface area contributed by atoms with Crippen LogP contribution in [-0.2, 0) is 6.54 Å². The summed E-state index contributed by atoms with van der Waals surface area (Å²) in [6.45, 7) is 0.440. The first-order chi connectivity index (χ1) is 13.3. The molecular formula is C21H17N5O. The van der Waals surface area contributed by atoms with Gasteiger partial charge in [0.25, 0.3) is 5.56 Å². The molecule has 4 rings (SSSR count). The largest absolute Gasteiger partial charge is 0.339 e. The SMILES string of the molecule is O=c1c(C=NCc2cccnc2)c(Nc2ccccc2)nc2ccccn12. The lowest BCUT2D eigenvalue weighted by molar-refractivity contribution is 1.03. The van der Waals surface area contributed by atoms with Crippen LogP contribution in [0.3, 0.4) is 0 Å². The van der Waals surface area contributed by atoms with Crippen molar-refractivity contribution >= 4 is 23.4 Å². The van der Waals surface area contributed by atoms with Crippen LogP contribution in [0.2, 0.25) is 0 Å². The number of para-hydroxylation sites is 1. The number of fused-ring (bicyclic) bond motifs is 1. The van der Waals surface area contributed by atoms with E-state index in [9.17, 15) is 4.79 Å². The highest BCUT2D eigenvalue weighted by atomic mass is 16.1. The maximum absolute atomic E-state index is 13.0. The van der Waals surface area contributed by atoms with Gasteiger partial charge in [0.05, 0.1) is 6.54 Å². The molecule has 0 aliphatic rings. The molecule has 27 heavy (non-hydrogen) atoms. The van der Waals surface area contributed by atoms with Gasteiger partial charge in [-0.2, -0.15) is 0 Å². The van der Waals surface area contributed by atoms with Crippen LogP contribution >= 0.6 is 0 Å². The van der Waals surface area contributed by atoms with Gasteiger partial charge >= 0.3 is 0 Å². The maximum Gasteiger partial charge on any atom is 0.268 e. The van der Waals surface area contributed by atoms with Crippen LogP contribution in [0.5, 0.6) is 0 Å².